The van der Waals surface area contributed by atoms with Gasteiger partial charge in [0.1, 0.15) is 11.3 Å². The zero-order valence-electron chi connectivity index (χ0n) is 26.0. The Morgan fingerprint density at radius 3 is 2.19 bits per heavy atom. The minimum atomic E-state index is -4.51. The second-order valence-corrected chi connectivity index (χ2v) is 13.1. The first-order valence-corrected chi connectivity index (χ1v) is 16.3. The fraction of sp³-hybridized carbons (Fsp3) is 0.297. The number of anilines is 1. The van der Waals surface area contributed by atoms with Gasteiger partial charge in [0.2, 0.25) is 5.91 Å². The largest absolute Gasteiger partial charge is 0.507 e. The predicted octanol–water partition coefficient (Wildman–Crippen LogP) is 9.21. The number of aryl methyl sites for hydroxylation is 1. The molecule has 1 saturated carbocycles. The molecule has 0 spiro atoms. The number of carboxylic acid groups (broad SMARTS) is 1. The monoisotopic (exact) mass is 662 g/mol. The van der Waals surface area contributed by atoms with Crippen LogP contribution in [0.15, 0.2) is 95.9 Å². The van der Waals surface area contributed by atoms with Gasteiger partial charge in [-0.2, -0.15) is 13.2 Å². The van der Waals surface area contributed by atoms with Crippen molar-refractivity contribution in [2.75, 3.05) is 11.4 Å². The van der Waals surface area contributed by atoms with Gasteiger partial charge in [0.25, 0.3) is 0 Å². The maximum atomic E-state index is 14.2. The number of aromatic hydroxyl groups is 1. The SMILES string of the molecule is Cc1ccc(SN(CC(=O)N(Cc2ccc(C3CCCCC3)cc2)c2ccc(C(=O)O)c(O)c2)Cc2cccc(C(F)(F)F)c2)cc1. The first-order valence-electron chi connectivity index (χ1n) is 15.6. The third-order valence-electron chi connectivity index (χ3n) is 8.40. The lowest BCUT2D eigenvalue weighted by Crippen LogP contribution is -2.38. The maximum Gasteiger partial charge on any atom is 0.416 e. The van der Waals surface area contributed by atoms with Crippen molar-refractivity contribution in [1.82, 2.24) is 4.31 Å². The summed E-state index contributed by atoms with van der Waals surface area (Å²) < 4.78 is 42.2. The van der Waals surface area contributed by atoms with Crippen molar-refractivity contribution < 1.29 is 33.0 Å². The van der Waals surface area contributed by atoms with Gasteiger partial charge in [-0.3, -0.25) is 4.79 Å². The molecule has 2 N–H and O–H groups in total. The Morgan fingerprint density at radius 1 is 0.851 bits per heavy atom. The normalized spacial score (nSPS) is 13.9. The van der Waals surface area contributed by atoms with Gasteiger partial charge in [0, 0.05) is 23.2 Å². The van der Waals surface area contributed by atoms with Crippen LogP contribution < -0.4 is 4.90 Å². The number of halogens is 3. The zero-order chi connectivity index (χ0) is 33.6. The second-order valence-electron chi connectivity index (χ2n) is 12.0. The Hall–Kier alpha value is -4.28. The highest BCUT2D eigenvalue weighted by atomic mass is 32.2. The molecule has 10 heteroatoms. The lowest BCUT2D eigenvalue weighted by molar-refractivity contribution is -0.137. The highest BCUT2D eigenvalue weighted by Gasteiger charge is 2.31. The van der Waals surface area contributed by atoms with Crippen molar-refractivity contribution in [1.29, 1.82) is 0 Å². The highest BCUT2D eigenvalue weighted by molar-refractivity contribution is 7.97. The maximum absolute atomic E-state index is 14.2. The van der Waals surface area contributed by atoms with E-state index in [1.54, 1.807) is 10.4 Å². The number of nitrogens with zero attached hydrogens (tertiary/aromatic N) is 2. The van der Waals surface area contributed by atoms with Gasteiger partial charge in [-0.1, -0.05) is 79.4 Å². The average Bonchev–Trinajstić information content (AvgIpc) is 3.05. The molecule has 0 heterocycles. The Balaban J connectivity index is 1.44. The minimum Gasteiger partial charge on any atom is -0.507 e. The lowest BCUT2D eigenvalue weighted by Gasteiger charge is -2.28. The number of phenols is 1. The third kappa shape index (κ3) is 9.17. The van der Waals surface area contributed by atoms with E-state index in [1.165, 1.54) is 65.9 Å². The molecule has 0 saturated heterocycles. The van der Waals surface area contributed by atoms with Crippen LogP contribution in [0.5, 0.6) is 5.75 Å². The van der Waals surface area contributed by atoms with Crippen LogP contribution in [0.25, 0.3) is 0 Å². The first-order chi connectivity index (χ1) is 22.5. The summed E-state index contributed by atoms with van der Waals surface area (Å²) in [6.45, 7) is 1.95. The minimum absolute atomic E-state index is 0.0430. The van der Waals surface area contributed by atoms with E-state index in [-0.39, 0.29) is 31.1 Å². The van der Waals surface area contributed by atoms with Crippen LogP contribution in [0.1, 0.15) is 76.2 Å². The van der Waals surface area contributed by atoms with Gasteiger partial charge in [0.15, 0.2) is 0 Å². The van der Waals surface area contributed by atoms with Crippen molar-refractivity contribution in [3.63, 3.8) is 0 Å². The van der Waals surface area contributed by atoms with E-state index in [9.17, 15) is 33.0 Å². The van der Waals surface area contributed by atoms with Crippen molar-refractivity contribution in [2.45, 2.75) is 69.1 Å². The zero-order valence-corrected chi connectivity index (χ0v) is 26.9. The molecule has 4 aromatic rings. The number of carbonyl (C=O) groups is 2. The molecule has 0 aliphatic heterocycles. The molecule has 1 amide bonds. The first kappa shape index (κ1) is 34.1. The molecular weight excluding hydrogens is 625 g/mol. The van der Waals surface area contributed by atoms with Crippen molar-refractivity contribution in [3.8, 4) is 5.75 Å². The smallest absolute Gasteiger partial charge is 0.416 e. The summed E-state index contributed by atoms with van der Waals surface area (Å²) in [5.74, 6) is -1.64. The van der Waals surface area contributed by atoms with Crippen LogP contribution in [0.3, 0.4) is 0 Å². The summed E-state index contributed by atoms with van der Waals surface area (Å²) in [5.41, 5.74) is 2.77. The molecule has 5 rings (SSSR count). The number of carbonyl (C=O) groups excluding carboxylic acids is 1. The highest BCUT2D eigenvalue weighted by Crippen LogP contribution is 2.34. The summed E-state index contributed by atoms with van der Waals surface area (Å²) in [5, 5.41) is 19.9. The number of carboxylic acids is 1. The number of hydrogen-bond donors (Lipinski definition) is 2. The summed E-state index contributed by atoms with van der Waals surface area (Å²) in [6, 6.07) is 24.8. The van der Waals surface area contributed by atoms with Crippen molar-refractivity contribution >= 4 is 29.5 Å². The van der Waals surface area contributed by atoms with E-state index in [0.717, 1.165) is 41.0 Å². The second kappa shape index (κ2) is 15.1. The van der Waals surface area contributed by atoms with Gasteiger partial charge < -0.3 is 15.1 Å². The lowest BCUT2D eigenvalue weighted by atomic mass is 9.84. The topological polar surface area (TPSA) is 81.1 Å². The van der Waals surface area contributed by atoms with E-state index in [0.29, 0.717) is 17.2 Å². The number of alkyl halides is 3. The van der Waals surface area contributed by atoms with Crippen LogP contribution in [0.4, 0.5) is 18.9 Å². The third-order valence-corrected chi connectivity index (χ3v) is 9.40. The summed E-state index contributed by atoms with van der Waals surface area (Å²) in [7, 11) is 0. The molecule has 1 aliphatic rings. The van der Waals surface area contributed by atoms with E-state index in [2.05, 4.69) is 12.1 Å². The molecule has 0 bridgehead atoms. The molecule has 6 nitrogen and oxygen atoms in total. The molecule has 47 heavy (non-hydrogen) atoms. The van der Waals surface area contributed by atoms with Gasteiger partial charge in [-0.25, -0.2) is 9.10 Å². The van der Waals surface area contributed by atoms with Crippen LogP contribution >= 0.6 is 11.9 Å². The standard InChI is InChI=1S/C37H37F3N2O4S/c1-25-10-17-32(18-11-25)47-41(22-27-6-5-9-30(20-27)37(38,39)40)24-35(44)42(31-16-19-33(36(45)46)34(43)21-31)23-26-12-14-29(15-13-26)28-7-3-2-4-8-28/h5-6,9-21,28,43H,2-4,7-8,22-24H2,1H3,(H,45,46). The molecule has 0 unspecified atom stereocenters. The fourth-order valence-corrected chi connectivity index (χ4v) is 6.81. The number of aromatic carboxylic acids is 1. The number of hydrogen-bond acceptors (Lipinski definition) is 5. The summed E-state index contributed by atoms with van der Waals surface area (Å²) >= 11 is 1.26. The predicted molar refractivity (Wildman–Crippen MR) is 177 cm³/mol. The number of rotatable bonds is 11. The number of amides is 1. The molecule has 1 fully saturated rings. The van der Waals surface area contributed by atoms with Gasteiger partial charge in [-0.15, -0.1) is 0 Å². The van der Waals surface area contributed by atoms with Crippen LogP contribution in [-0.2, 0) is 24.1 Å². The van der Waals surface area contributed by atoms with E-state index >= 15 is 0 Å². The molecule has 1 aliphatic carbocycles. The van der Waals surface area contributed by atoms with Crippen molar-refractivity contribution in [2.24, 2.45) is 0 Å². The fourth-order valence-electron chi connectivity index (χ4n) is 5.86. The molecule has 0 aromatic heterocycles. The molecule has 0 atom stereocenters. The average molecular weight is 663 g/mol. The van der Waals surface area contributed by atoms with Crippen molar-refractivity contribution in [3.05, 3.63) is 124 Å². The van der Waals surface area contributed by atoms with Crippen LogP contribution in [0, 0.1) is 6.92 Å². The van der Waals surface area contributed by atoms with Crippen LogP contribution in [0.2, 0.25) is 0 Å². The van der Waals surface area contributed by atoms with E-state index in [1.807, 2.05) is 43.3 Å². The molecule has 4 aromatic carbocycles. The Bertz CT molecular complexity index is 1690. The Morgan fingerprint density at radius 2 is 1.55 bits per heavy atom. The Labute approximate surface area is 277 Å². The van der Waals surface area contributed by atoms with Gasteiger partial charge >= 0.3 is 12.1 Å². The molecule has 246 valence electrons. The quantitative estimate of drug-likeness (QED) is 0.156. The van der Waals surface area contributed by atoms with E-state index in [4.69, 9.17) is 0 Å². The van der Waals surface area contributed by atoms with Crippen LogP contribution in [-0.4, -0.2) is 32.9 Å². The van der Waals surface area contributed by atoms with Gasteiger partial charge in [-0.05, 0) is 84.7 Å². The number of benzene rings is 4. The molecule has 0 radical (unpaired) electrons. The summed E-state index contributed by atoms with van der Waals surface area (Å²) in [4.78, 5) is 28.0. The van der Waals surface area contributed by atoms with Gasteiger partial charge in [0.05, 0.1) is 18.7 Å². The molecular formula is C37H37F3N2O4S. The Kier molecular flexibility index (Phi) is 10.9. The summed E-state index contributed by atoms with van der Waals surface area (Å²) in [6.07, 6.45) is 1.48. The van der Waals surface area contributed by atoms with E-state index < -0.39 is 23.5 Å².